The molecule has 1 saturated heterocycles. The van der Waals surface area contributed by atoms with Gasteiger partial charge in [-0.25, -0.2) is 0 Å². The van der Waals surface area contributed by atoms with Crippen LogP contribution in [-0.2, 0) is 0 Å². The Kier molecular flexibility index (Phi) is 5.88. The molecule has 3 nitrogen and oxygen atoms in total. The number of likely N-dealkylation sites (N-methyl/N-ethyl adjacent to an activating group) is 1. The first kappa shape index (κ1) is 16.3. The molecule has 0 bridgehead atoms. The van der Waals surface area contributed by atoms with Gasteiger partial charge in [-0.1, -0.05) is 13.8 Å². The van der Waals surface area contributed by atoms with Gasteiger partial charge in [0.05, 0.1) is 0 Å². The molecule has 0 spiro atoms. The van der Waals surface area contributed by atoms with Crippen molar-refractivity contribution in [3.63, 3.8) is 0 Å². The lowest BCUT2D eigenvalue weighted by Gasteiger charge is -2.51. The van der Waals surface area contributed by atoms with Crippen LogP contribution in [0, 0.1) is 5.92 Å². The van der Waals surface area contributed by atoms with Gasteiger partial charge in [0.2, 0.25) is 0 Å². The molecule has 1 aliphatic carbocycles. The molecule has 0 aromatic rings. The summed E-state index contributed by atoms with van der Waals surface area (Å²) in [6, 6.07) is 0.771. The first-order valence-electron chi connectivity index (χ1n) is 8.76. The van der Waals surface area contributed by atoms with E-state index in [1.54, 1.807) is 0 Å². The van der Waals surface area contributed by atoms with E-state index in [-0.39, 0.29) is 5.54 Å². The Morgan fingerprint density at radius 2 is 1.75 bits per heavy atom. The molecule has 1 saturated carbocycles. The number of hydrogen-bond donors (Lipinski definition) is 1. The lowest BCUT2D eigenvalue weighted by molar-refractivity contribution is 0.00194. The second-order valence-electron chi connectivity index (χ2n) is 7.29. The summed E-state index contributed by atoms with van der Waals surface area (Å²) in [7, 11) is 2.35. The molecule has 2 fully saturated rings. The number of likely N-dealkylation sites (tertiary alicyclic amines) is 1. The van der Waals surface area contributed by atoms with E-state index < -0.39 is 0 Å². The molecule has 0 aromatic carbocycles. The topological polar surface area (TPSA) is 32.5 Å². The van der Waals surface area contributed by atoms with Crippen LogP contribution < -0.4 is 5.73 Å². The monoisotopic (exact) mass is 281 g/mol. The highest BCUT2D eigenvalue weighted by Gasteiger charge is 2.40. The molecule has 0 aromatic heterocycles. The van der Waals surface area contributed by atoms with Crippen LogP contribution in [0.1, 0.15) is 58.8 Å². The molecular formula is C17H35N3. The van der Waals surface area contributed by atoms with E-state index in [9.17, 15) is 0 Å². The van der Waals surface area contributed by atoms with Crippen molar-refractivity contribution in [2.75, 3.05) is 33.2 Å². The van der Waals surface area contributed by atoms with E-state index >= 15 is 0 Å². The van der Waals surface area contributed by atoms with Crippen LogP contribution in [-0.4, -0.2) is 54.6 Å². The fourth-order valence-corrected chi connectivity index (χ4v) is 4.23. The van der Waals surface area contributed by atoms with Gasteiger partial charge < -0.3 is 10.6 Å². The summed E-state index contributed by atoms with van der Waals surface area (Å²) in [5.41, 5.74) is 6.51. The van der Waals surface area contributed by atoms with Gasteiger partial charge in [0, 0.05) is 18.1 Å². The fraction of sp³-hybridized carbons (Fsp3) is 1.00. The van der Waals surface area contributed by atoms with E-state index in [0.29, 0.717) is 0 Å². The molecule has 1 heterocycles. The third-order valence-electron chi connectivity index (χ3n) is 5.99. The van der Waals surface area contributed by atoms with Crippen LogP contribution in [0.15, 0.2) is 0 Å². The van der Waals surface area contributed by atoms with Crippen molar-refractivity contribution >= 4 is 0 Å². The highest BCUT2D eigenvalue weighted by Crippen LogP contribution is 2.34. The molecule has 0 unspecified atom stereocenters. The second-order valence-corrected chi connectivity index (χ2v) is 7.29. The predicted molar refractivity (Wildman–Crippen MR) is 86.9 cm³/mol. The van der Waals surface area contributed by atoms with E-state index in [0.717, 1.165) is 18.5 Å². The molecule has 2 aliphatic rings. The highest BCUT2D eigenvalue weighted by molar-refractivity contribution is 4.98. The largest absolute Gasteiger partial charge is 0.329 e. The third-order valence-corrected chi connectivity index (χ3v) is 5.99. The van der Waals surface area contributed by atoms with E-state index in [1.165, 1.54) is 64.6 Å². The molecule has 20 heavy (non-hydrogen) atoms. The third kappa shape index (κ3) is 3.55. The van der Waals surface area contributed by atoms with Crippen LogP contribution in [0.25, 0.3) is 0 Å². The molecule has 3 heteroatoms. The second kappa shape index (κ2) is 7.24. The summed E-state index contributed by atoms with van der Waals surface area (Å²) in [5.74, 6) is 0.930. The van der Waals surface area contributed by atoms with E-state index in [1.807, 2.05) is 0 Å². The molecule has 118 valence electrons. The maximum Gasteiger partial charge on any atom is 0.0355 e. The summed E-state index contributed by atoms with van der Waals surface area (Å²) in [6.45, 7) is 9.23. The lowest BCUT2D eigenvalue weighted by atomic mass is 9.80. The van der Waals surface area contributed by atoms with Crippen LogP contribution in [0.3, 0.4) is 0 Å². The van der Waals surface area contributed by atoms with Crippen LogP contribution in [0.5, 0.6) is 0 Å². The van der Waals surface area contributed by atoms with Gasteiger partial charge in [-0.2, -0.15) is 0 Å². The molecule has 1 aliphatic heterocycles. The van der Waals surface area contributed by atoms with E-state index in [4.69, 9.17) is 5.73 Å². The summed E-state index contributed by atoms with van der Waals surface area (Å²) >= 11 is 0. The average molecular weight is 281 g/mol. The van der Waals surface area contributed by atoms with Crippen molar-refractivity contribution in [3.8, 4) is 0 Å². The first-order valence-corrected chi connectivity index (χ1v) is 8.76. The Bertz CT molecular complexity index is 276. The Labute approximate surface area is 125 Å². The van der Waals surface area contributed by atoms with Crippen molar-refractivity contribution in [2.24, 2.45) is 11.7 Å². The zero-order chi connectivity index (χ0) is 14.6. The molecule has 0 atom stereocenters. The smallest absolute Gasteiger partial charge is 0.0355 e. The predicted octanol–water partition coefficient (Wildman–Crippen LogP) is 2.70. The normalized spacial score (nSPS) is 31.6. The summed E-state index contributed by atoms with van der Waals surface area (Å²) in [4.78, 5) is 5.30. The summed E-state index contributed by atoms with van der Waals surface area (Å²) in [6.07, 6.45) is 9.33. The van der Waals surface area contributed by atoms with Gasteiger partial charge in [-0.3, -0.25) is 4.90 Å². The molecule has 2 rings (SSSR count). The van der Waals surface area contributed by atoms with Crippen molar-refractivity contribution in [1.29, 1.82) is 0 Å². The zero-order valence-electron chi connectivity index (χ0n) is 13.9. The van der Waals surface area contributed by atoms with Gasteiger partial charge in [-0.15, -0.1) is 0 Å². The van der Waals surface area contributed by atoms with Crippen LogP contribution in [0.2, 0.25) is 0 Å². The number of piperidine rings is 1. The Morgan fingerprint density at radius 3 is 2.25 bits per heavy atom. The van der Waals surface area contributed by atoms with Gasteiger partial charge >= 0.3 is 0 Å². The SMILES string of the molecule is CCCN1CCC(CN)(N(C)C2CCC(C)CC2)CC1. The molecule has 0 radical (unpaired) electrons. The maximum atomic E-state index is 6.23. The Hall–Kier alpha value is -0.120. The molecule has 0 amide bonds. The standard InChI is InChI=1S/C17H35N3/c1-4-11-20-12-9-17(14-18,10-13-20)19(3)16-7-5-15(2)6-8-16/h15-16H,4-14,18H2,1-3H3. The molecular weight excluding hydrogens is 246 g/mol. The lowest BCUT2D eigenvalue weighted by Crippen LogP contribution is -2.61. The summed E-state index contributed by atoms with van der Waals surface area (Å²) < 4.78 is 0. The first-order chi connectivity index (χ1) is 9.61. The number of nitrogens with two attached hydrogens (primary N) is 1. The highest BCUT2D eigenvalue weighted by atomic mass is 15.2. The van der Waals surface area contributed by atoms with Gasteiger partial charge in [0.25, 0.3) is 0 Å². The zero-order valence-corrected chi connectivity index (χ0v) is 13.9. The minimum atomic E-state index is 0.273. The van der Waals surface area contributed by atoms with Crippen molar-refractivity contribution in [1.82, 2.24) is 9.80 Å². The number of nitrogens with zero attached hydrogens (tertiary/aromatic N) is 2. The average Bonchev–Trinajstić information content (AvgIpc) is 2.49. The Morgan fingerprint density at radius 1 is 1.15 bits per heavy atom. The van der Waals surface area contributed by atoms with Gasteiger partial charge in [0.1, 0.15) is 0 Å². The maximum absolute atomic E-state index is 6.23. The quantitative estimate of drug-likeness (QED) is 0.841. The van der Waals surface area contributed by atoms with Gasteiger partial charge in [0.15, 0.2) is 0 Å². The van der Waals surface area contributed by atoms with Crippen molar-refractivity contribution < 1.29 is 0 Å². The van der Waals surface area contributed by atoms with Crippen LogP contribution in [0.4, 0.5) is 0 Å². The van der Waals surface area contributed by atoms with Gasteiger partial charge in [-0.05, 0) is 77.5 Å². The fourth-order valence-electron chi connectivity index (χ4n) is 4.23. The number of rotatable bonds is 5. The van der Waals surface area contributed by atoms with Crippen molar-refractivity contribution in [3.05, 3.63) is 0 Å². The Balaban J connectivity index is 1.93. The van der Waals surface area contributed by atoms with E-state index in [2.05, 4.69) is 30.7 Å². The molecule has 2 N–H and O–H groups in total. The number of hydrogen-bond acceptors (Lipinski definition) is 3. The minimum absolute atomic E-state index is 0.273. The van der Waals surface area contributed by atoms with Crippen LogP contribution >= 0.6 is 0 Å². The van der Waals surface area contributed by atoms with Crippen molar-refractivity contribution in [2.45, 2.75) is 70.4 Å². The minimum Gasteiger partial charge on any atom is -0.329 e. The summed E-state index contributed by atoms with van der Waals surface area (Å²) in [5, 5.41) is 0.